The average Bonchev–Trinajstić information content (AvgIpc) is 2.91. The van der Waals surface area contributed by atoms with Gasteiger partial charge in [0.2, 0.25) is 0 Å². The lowest BCUT2D eigenvalue weighted by atomic mass is 10.1. The highest BCUT2D eigenvalue weighted by atomic mass is 16.1. The fourth-order valence-electron chi connectivity index (χ4n) is 2.81. The molecule has 1 aromatic heterocycles. The zero-order valence-electron chi connectivity index (χ0n) is 13.7. The number of fused-ring (bicyclic) bond motifs is 1. The second-order valence-electron chi connectivity index (χ2n) is 5.75. The van der Waals surface area contributed by atoms with Gasteiger partial charge in [-0.1, -0.05) is 37.3 Å². The van der Waals surface area contributed by atoms with Gasteiger partial charge in [0.05, 0.1) is 17.1 Å². The molecule has 3 aromatic rings. The Morgan fingerprint density at radius 2 is 1.96 bits per heavy atom. The van der Waals surface area contributed by atoms with Crippen molar-refractivity contribution in [2.75, 3.05) is 0 Å². The highest BCUT2D eigenvalue weighted by Gasteiger charge is 2.13. The van der Waals surface area contributed by atoms with Crippen molar-refractivity contribution >= 4 is 16.9 Å². The number of carbonyl (C=O) groups is 1. The number of aryl methyl sites for hydroxylation is 2. The summed E-state index contributed by atoms with van der Waals surface area (Å²) in [6, 6.07) is 15.6. The lowest BCUT2D eigenvalue weighted by Gasteiger charge is -2.14. The van der Waals surface area contributed by atoms with E-state index in [4.69, 9.17) is 0 Å². The van der Waals surface area contributed by atoms with E-state index >= 15 is 0 Å². The number of aromatic nitrogens is 2. The minimum atomic E-state index is -0.0769. The molecule has 0 aliphatic carbocycles. The summed E-state index contributed by atoms with van der Waals surface area (Å²) < 4.78 is 2.07. The van der Waals surface area contributed by atoms with Gasteiger partial charge in [0.25, 0.3) is 5.91 Å². The lowest BCUT2D eigenvalue weighted by Crippen LogP contribution is -2.26. The molecule has 0 radical (unpaired) electrons. The predicted molar refractivity (Wildman–Crippen MR) is 92.4 cm³/mol. The minimum absolute atomic E-state index is 0.0330. The van der Waals surface area contributed by atoms with Gasteiger partial charge in [-0.15, -0.1) is 0 Å². The first-order valence-electron chi connectivity index (χ1n) is 7.91. The first kappa shape index (κ1) is 15.3. The molecule has 4 nitrogen and oxygen atoms in total. The smallest absolute Gasteiger partial charge is 0.251 e. The highest BCUT2D eigenvalue weighted by molar-refractivity contribution is 5.97. The molecule has 1 N–H and O–H groups in total. The van der Waals surface area contributed by atoms with Crippen molar-refractivity contribution in [3.8, 4) is 0 Å². The average molecular weight is 307 g/mol. The molecular formula is C19H21N3O. The molecule has 23 heavy (non-hydrogen) atoms. The number of rotatable bonds is 4. The molecule has 2 aromatic carbocycles. The monoisotopic (exact) mass is 307 g/mol. The zero-order chi connectivity index (χ0) is 16.4. The van der Waals surface area contributed by atoms with Crippen LogP contribution < -0.4 is 5.32 Å². The normalized spacial score (nSPS) is 12.3. The van der Waals surface area contributed by atoms with Crippen LogP contribution in [0.3, 0.4) is 0 Å². The molecule has 0 saturated heterocycles. The highest BCUT2D eigenvalue weighted by Crippen LogP contribution is 2.18. The Bertz CT molecular complexity index is 836. The second kappa shape index (κ2) is 6.24. The maximum atomic E-state index is 12.5. The number of amides is 1. The molecule has 0 saturated carbocycles. The summed E-state index contributed by atoms with van der Waals surface area (Å²) in [6.07, 6.45) is 0.873. The van der Waals surface area contributed by atoms with Crippen molar-refractivity contribution in [1.82, 2.24) is 14.9 Å². The fraction of sp³-hybridized carbons (Fsp3) is 0.263. The van der Waals surface area contributed by atoms with Gasteiger partial charge in [0.1, 0.15) is 5.82 Å². The summed E-state index contributed by atoms with van der Waals surface area (Å²) >= 11 is 0. The van der Waals surface area contributed by atoms with Gasteiger partial charge in [-0.25, -0.2) is 4.98 Å². The molecule has 3 rings (SSSR count). The van der Waals surface area contributed by atoms with Crippen molar-refractivity contribution in [2.45, 2.75) is 26.3 Å². The SMILES string of the molecule is CCc1nc2cc(C(=O)NC(C)c3ccccc3)ccc2n1C. The Balaban J connectivity index is 1.83. The van der Waals surface area contributed by atoms with Crippen LogP contribution >= 0.6 is 0 Å². The van der Waals surface area contributed by atoms with Gasteiger partial charge in [-0.2, -0.15) is 0 Å². The second-order valence-corrected chi connectivity index (χ2v) is 5.75. The fourth-order valence-corrected chi connectivity index (χ4v) is 2.81. The Labute approximate surface area is 136 Å². The Morgan fingerprint density at radius 1 is 1.22 bits per heavy atom. The first-order chi connectivity index (χ1) is 11.1. The predicted octanol–water partition coefficient (Wildman–Crippen LogP) is 3.63. The number of carbonyl (C=O) groups excluding carboxylic acids is 1. The number of hydrogen-bond donors (Lipinski definition) is 1. The van der Waals surface area contributed by atoms with Gasteiger partial charge in [-0.3, -0.25) is 4.79 Å². The third-order valence-corrected chi connectivity index (χ3v) is 4.20. The van der Waals surface area contributed by atoms with Crippen LogP contribution in [0.5, 0.6) is 0 Å². The van der Waals surface area contributed by atoms with Crippen molar-refractivity contribution in [3.05, 3.63) is 65.5 Å². The van der Waals surface area contributed by atoms with Gasteiger partial charge < -0.3 is 9.88 Å². The number of hydrogen-bond acceptors (Lipinski definition) is 2. The van der Waals surface area contributed by atoms with Crippen LogP contribution in [0.4, 0.5) is 0 Å². The molecule has 0 spiro atoms. The molecule has 0 bridgehead atoms. The van der Waals surface area contributed by atoms with Crippen molar-refractivity contribution in [1.29, 1.82) is 0 Å². The molecule has 4 heteroatoms. The Morgan fingerprint density at radius 3 is 2.65 bits per heavy atom. The molecule has 1 atom stereocenters. The lowest BCUT2D eigenvalue weighted by molar-refractivity contribution is 0.0940. The third kappa shape index (κ3) is 2.97. The standard InChI is InChI=1S/C19H21N3O/c1-4-18-21-16-12-15(10-11-17(16)22(18)3)19(23)20-13(2)14-8-6-5-7-9-14/h5-13H,4H2,1-3H3,(H,20,23). The molecule has 1 amide bonds. The van der Waals surface area contributed by atoms with Gasteiger partial charge >= 0.3 is 0 Å². The quantitative estimate of drug-likeness (QED) is 0.800. The van der Waals surface area contributed by atoms with E-state index in [0.29, 0.717) is 5.56 Å². The number of benzene rings is 2. The summed E-state index contributed by atoms with van der Waals surface area (Å²) in [5.74, 6) is 0.946. The van der Waals surface area contributed by atoms with Gasteiger partial charge in [0.15, 0.2) is 0 Å². The van der Waals surface area contributed by atoms with E-state index < -0.39 is 0 Å². The molecule has 1 heterocycles. The Kier molecular flexibility index (Phi) is 4.15. The summed E-state index contributed by atoms with van der Waals surface area (Å²) in [7, 11) is 2.01. The van der Waals surface area contributed by atoms with Crippen LogP contribution in [0.1, 0.15) is 41.6 Å². The molecular weight excluding hydrogens is 286 g/mol. The first-order valence-corrected chi connectivity index (χ1v) is 7.91. The van der Waals surface area contributed by atoms with E-state index in [-0.39, 0.29) is 11.9 Å². The molecule has 0 aliphatic rings. The summed E-state index contributed by atoms with van der Waals surface area (Å²) in [5.41, 5.74) is 3.65. The van der Waals surface area contributed by atoms with Crippen LogP contribution in [0, 0.1) is 0 Å². The molecule has 1 unspecified atom stereocenters. The largest absolute Gasteiger partial charge is 0.346 e. The summed E-state index contributed by atoms with van der Waals surface area (Å²) in [6.45, 7) is 4.07. The van der Waals surface area contributed by atoms with Crippen LogP contribution in [-0.2, 0) is 13.5 Å². The Hall–Kier alpha value is -2.62. The minimum Gasteiger partial charge on any atom is -0.346 e. The van der Waals surface area contributed by atoms with E-state index in [2.05, 4.69) is 21.8 Å². The van der Waals surface area contributed by atoms with Crippen LogP contribution in [-0.4, -0.2) is 15.5 Å². The van der Waals surface area contributed by atoms with Crippen molar-refractivity contribution < 1.29 is 4.79 Å². The topological polar surface area (TPSA) is 46.9 Å². The third-order valence-electron chi connectivity index (χ3n) is 4.20. The van der Waals surface area contributed by atoms with Crippen LogP contribution in [0.15, 0.2) is 48.5 Å². The zero-order valence-corrected chi connectivity index (χ0v) is 13.7. The molecule has 0 fully saturated rings. The van der Waals surface area contributed by atoms with E-state index in [0.717, 1.165) is 28.8 Å². The summed E-state index contributed by atoms with van der Waals surface area (Å²) in [5, 5.41) is 3.04. The van der Waals surface area contributed by atoms with E-state index in [1.165, 1.54) is 0 Å². The maximum absolute atomic E-state index is 12.5. The van der Waals surface area contributed by atoms with E-state index in [1.54, 1.807) is 0 Å². The number of nitrogens with zero attached hydrogens (tertiary/aromatic N) is 2. The number of imidazole rings is 1. The maximum Gasteiger partial charge on any atom is 0.251 e. The van der Waals surface area contributed by atoms with E-state index in [9.17, 15) is 4.79 Å². The summed E-state index contributed by atoms with van der Waals surface area (Å²) in [4.78, 5) is 17.1. The van der Waals surface area contributed by atoms with E-state index in [1.807, 2.05) is 62.5 Å². The number of nitrogens with one attached hydrogen (secondary N) is 1. The van der Waals surface area contributed by atoms with Gasteiger partial charge in [-0.05, 0) is 30.7 Å². The van der Waals surface area contributed by atoms with Crippen molar-refractivity contribution in [3.63, 3.8) is 0 Å². The van der Waals surface area contributed by atoms with Crippen molar-refractivity contribution in [2.24, 2.45) is 7.05 Å². The molecule has 118 valence electrons. The van der Waals surface area contributed by atoms with Crippen LogP contribution in [0.2, 0.25) is 0 Å². The molecule has 0 aliphatic heterocycles. The van der Waals surface area contributed by atoms with Crippen LogP contribution in [0.25, 0.3) is 11.0 Å². The van der Waals surface area contributed by atoms with Gasteiger partial charge in [0, 0.05) is 19.0 Å².